The van der Waals surface area contributed by atoms with Crippen molar-refractivity contribution >= 4 is 0 Å². The molecule has 0 heterocycles. The van der Waals surface area contributed by atoms with Gasteiger partial charge < -0.3 is 2.85 Å². The van der Waals surface area contributed by atoms with Gasteiger partial charge in [-0.1, -0.05) is 0 Å². The van der Waals surface area contributed by atoms with Crippen LogP contribution in [0.15, 0.2) is 0 Å². The fourth-order valence-corrected chi connectivity index (χ4v) is 0. The third kappa shape index (κ3) is 8.92. The van der Waals surface area contributed by atoms with E-state index in [1.165, 1.54) is 0 Å². The zero-order chi connectivity index (χ0) is 2.00. The van der Waals surface area contributed by atoms with Crippen molar-refractivity contribution in [1.82, 2.24) is 0 Å². The third-order valence-corrected chi connectivity index (χ3v) is 0. The molecule has 0 aliphatic rings. The van der Waals surface area contributed by atoms with E-state index in [4.69, 9.17) is 4.48 Å². The minimum absolute atomic E-state index is 0. The minimum atomic E-state index is 0. The maximum absolute atomic E-state index is 9.00. The van der Waals surface area contributed by atoms with E-state index in [1.807, 2.05) is 0 Å². The molecule has 0 aromatic carbocycles. The van der Waals surface area contributed by atoms with E-state index in [1.54, 1.807) is 0 Å². The van der Waals surface area contributed by atoms with Crippen molar-refractivity contribution in [2.24, 2.45) is 5.96 Å². The van der Waals surface area contributed by atoms with Gasteiger partial charge in [-0.2, -0.15) is 5.96 Å². The van der Waals surface area contributed by atoms with Gasteiger partial charge in [-0.05, 0) is 0 Å². The van der Waals surface area contributed by atoms with Crippen LogP contribution in [-0.4, -0.2) is 0 Å². The molecule has 0 radical (unpaired) electrons. The van der Waals surface area contributed by atoms with Gasteiger partial charge in [0, 0.05) is 0 Å². The van der Waals surface area contributed by atoms with E-state index in [-0.39, 0.29) is 73.1 Å². The molecule has 1 nitrogen and oxygen atoms in total. The fraction of sp³-hybridized carbons (Fsp3) is 0. The summed E-state index contributed by atoms with van der Waals surface area (Å²) in [5.41, 5.74) is 0. The minimum Gasteiger partial charge on any atom is -1.00 e. The number of hydrogen-bond donors (Lipinski definition) is 1. The molecule has 0 aromatic rings. The average Bonchev–Trinajstić information content (AvgIpc) is 1.00. The summed E-state index contributed by atoms with van der Waals surface area (Å²) >= 11 is 0. The van der Waals surface area contributed by atoms with Gasteiger partial charge in [0.05, 0.1) is 0 Å². The average molecular weight is 83.1 g/mol. The summed E-state index contributed by atoms with van der Waals surface area (Å²) in [4.78, 5) is 0. The van der Waals surface area contributed by atoms with Crippen LogP contribution in [0.5, 0.6) is 0 Å². The van der Waals surface area contributed by atoms with Gasteiger partial charge >= 0.3 is 70.2 Å². The van der Waals surface area contributed by atoms with Crippen LogP contribution < -0.4 is 76.2 Å². The van der Waals surface area contributed by atoms with Crippen molar-refractivity contribution in [3.63, 3.8) is 0 Å². The molecule has 0 fully saturated rings. The van der Waals surface area contributed by atoms with Gasteiger partial charge in [0.15, 0.2) is 0 Å². The van der Waals surface area contributed by atoms with E-state index >= 15 is 0 Å². The molecule has 0 spiro atoms. The molecule has 0 amide bonds. The van der Waals surface area contributed by atoms with E-state index in [0.29, 0.717) is 0 Å². The topological polar surface area (TPSA) is 26.0 Å². The normalized spacial score (nSPS) is 1.50. The maximum atomic E-state index is 9.00. The van der Waals surface area contributed by atoms with Gasteiger partial charge in [0.2, 0.25) is 0 Å². The molecule has 0 aromatic heterocycles. The Morgan fingerprint density at radius 3 is 1.50 bits per heavy atom. The monoisotopic (exact) mass is 83.0 g/mol. The Bertz CT molecular complexity index is 13.5. The van der Waals surface area contributed by atoms with Crippen LogP contribution in [0.4, 0.5) is 4.48 Å². The molecule has 4 heteroatoms. The summed E-state index contributed by atoms with van der Waals surface area (Å²) in [5, 5.41) is 0. The predicted octanol–water partition coefficient (Wildman–Crippen LogP) is -5.94. The Balaban J connectivity index is -0.000000000833. The molecular weight excluding hydrogens is 79.0 g/mol. The van der Waals surface area contributed by atoms with Crippen molar-refractivity contribution in [2.75, 3.05) is 0 Å². The molecule has 0 rings (SSSR count). The molecule has 0 atom stereocenters. The number of nitrogens with two attached hydrogens (primary N) is 1. The number of halogens is 1. The quantitative estimate of drug-likeness (QED) is 0.229. The Hall–Kier alpha value is 2.12. The summed E-state index contributed by atoms with van der Waals surface area (Å²) in [5.74, 6) is 3.00. The molecule has 4 heavy (non-hydrogen) atoms. The van der Waals surface area contributed by atoms with E-state index < -0.39 is 0 Å². The Kier molecular flexibility index (Phi) is 79.6. The molecule has 0 unspecified atom stereocenters. The number of hydrogen-bond acceptors (Lipinski definition) is 1. The molecule has 0 saturated heterocycles. The summed E-state index contributed by atoms with van der Waals surface area (Å²) in [6, 6.07) is 0. The zero-order valence-corrected chi connectivity index (χ0v) is 6.08. The summed E-state index contributed by atoms with van der Waals surface area (Å²) < 4.78 is 9.00. The van der Waals surface area contributed by atoms with Crippen molar-refractivity contribution in [1.29, 1.82) is 0 Å². The second-order valence-corrected chi connectivity index (χ2v) is 0. The van der Waals surface area contributed by atoms with Crippen LogP contribution in [0.1, 0.15) is 2.85 Å². The van der Waals surface area contributed by atoms with E-state index in [0.717, 1.165) is 0 Å². The smallest absolute Gasteiger partial charge is 1.00 e. The molecule has 18 valence electrons. The molecular formula is H4FKLiN. The predicted molar refractivity (Wildman–Crippen MR) is 7.52 cm³/mol. The molecule has 0 bridgehead atoms. The maximum Gasteiger partial charge on any atom is 1.00 e. The van der Waals surface area contributed by atoms with Crippen LogP contribution in [0, 0.1) is 0 Å². The third-order valence-electron chi connectivity index (χ3n) is 0. The summed E-state index contributed by atoms with van der Waals surface area (Å²) in [7, 11) is 0. The standard InChI is InChI=1S/FH2N.K.Li.2H/c1-2;;;;/h2H2;;;;/q;2*+1;2*-1. The first-order valence-corrected chi connectivity index (χ1v) is 0.218. The van der Waals surface area contributed by atoms with Gasteiger partial charge in [0.25, 0.3) is 0 Å². The second kappa shape index (κ2) is 19.3. The van der Waals surface area contributed by atoms with Gasteiger partial charge in [-0.25, -0.2) is 0 Å². The molecule has 0 aliphatic heterocycles. The Morgan fingerprint density at radius 1 is 1.50 bits per heavy atom. The Labute approximate surface area is 82.0 Å². The van der Waals surface area contributed by atoms with Gasteiger partial charge in [0.1, 0.15) is 0 Å². The van der Waals surface area contributed by atoms with Crippen molar-refractivity contribution in [3.05, 3.63) is 0 Å². The second-order valence-electron chi connectivity index (χ2n) is 0. The van der Waals surface area contributed by atoms with E-state index in [9.17, 15) is 0 Å². The summed E-state index contributed by atoms with van der Waals surface area (Å²) in [6.45, 7) is 0. The molecule has 0 saturated carbocycles. The van der Waals surface area contributed by atoms with Crippen LogP contribution in [0.3, 0.4) is 0 Å². The van der Waals surface area contributed by atoms with E-state index in [2.05, 4.69) is 5.96 Å². The number of rotatable bonds is 0. The zero-order valence-electron chi connectivity index (χ0n) is 4.96. The van der Waals surface area contributed by atoms with Gasteiger partial charge in [-0.15, -0.1) is 4.48 Å². The summed E-state index contributed by atoms with van der Waals surface area (Å²) in [6.07, 6.45) is 0. The molecule has 0 aliphatic carbocycles. The van der Waals surface area contributed by atoms with Crippen LogP contribution in [0.2, 0.25) is 0 Å². The van der Waals surface area contributed by atoms with Crippen LogP contribution in [-0.2, 0) is 0 Å². The van der Waals surface area contributed by atoms with Crippen molar-refractivity contribution < 1.29 is 77.6 Å². The Morgan fingerprint density at radius 2 is 1.50 bits per heavy atom. The fourth-order valence-electron chi connectivity index (χ4n) is 0. The van der Waals surface area contributed by atoms with Crippen molar-refractivity contribution in [2.45, 2.75) is 0 Å². The first kappa shape index (κ1) is 16.5. The first-order chi connectivity index (χ1) is 1.00. The first-order valence-electron chi connectivity index (χ1n) is 0.218. The SMILES string of the molecule is NF.[H-].[H-].[K+].[Li+]. The van der Waals surface area contributed by atoms with Crippen molar-refractivity contribution in [3.8, 4) is 0 Å². The molecule has 2 N–H and O–H groups in total. The van der Waals surface area contributed by atoms with Gasteiger partial charge in [-0.3, -0.25) is 0 Å². The largest absolute Gasteiger partial charge is 1.00 e. The van der Waals surface area contributed by atoms with Crippen LogP contribution in [0.25, 0.3) is 0 Å². The van der Waals surface area contributed by atoms with Crippen LogP contribution >= 0.6 is 0 Å².